The van der Waals surface area contributed by atoms with Crippen LogP contribution in [0.4, 0.5) is 5.69 Å². The highest BCUT2D eigenvalue weighted by atomic mass is 35.5. The van der Waals surface area contributed by atoms with Crippen molar-refractivity contribution in [3.05, 3.63) is 47.6 Å². The summed E-state index contributed by atoms with van der Waals surface area (Å²) in [6, 6.07) is 5.62. The van der Waals surface area contributed by atoms with Gasteiger partial charge in [-0.2, -0.15) is 0 Å². The van der Waals surface area contributed by atoms with Crippen molar-refractivity contribution in [2.24, 2.45) is 0 Å². The molecule has 0 aliphatic carbocycles. The Morgan fingerprint density at radius 1 is 1.43 bits per heavy atom. The van der Waals surface area contributed by atoms with Crippen LogP contribution in [0.3, 0.4) is 0 Å². The molecule has 0 aromatic carbocycles. The van der Waals surface area contributed by atoms with E-state index in [1.54, 1.807) is 18.7 Å². The second-order valence-corrected chi connectivity index (χ2v) is 3.18. The number of hydrogen-bond donors (Lipinski definition) is 1. The minimum Gasteiger partial charge on any atom is -0.472 e. The molecular weight excluding hydrogens is 200 g/mol. The number of pyridine rings is 1. The van der Waals surface area contributed by atoms with Crippen LogP contribution in [-0.2, 0) is 6.54 Å². The number of aromatic nitrogens is 1. The molecule has 0 unspecified atom stereocenters. The maximum atomic E-state index is 5.87. The van der Waals surface area contributed by atoms with Crippen LogP contribution in [0.2, 0.25) is 5.15 Å². The molecule has 2 heterocycles. The summed E-state index contributed by atoms with van der Waals surface area (Å²) >= 11 is 5.87. The Labute approximate surface area is 86.7 Å². The van der Waals surface area contributed by atoms with Crippen LogP contribution in [-0.4, -0.2) is 4.98 Å². The number of anilines is 1. The molecule has 14 heavy (non-hydrogen) atoms. The number of rotatable bonds is 3. The van der Waals surface area contributed by atoms with Crippen LogP contribution in [0.15, 0.2) is 41.3 Å². The van der Waals surface area contributed by atoms with Crippen molar-refractivity contribution in [3.8, 4) is 0 Å². The van der Waals surface area contributed by atoms with E-state index in [1.165, 1.54) is 0 Å². The van der Waals surface area contributed by atoms with Gasteiger partial charge < -0.3 is 9.73 Å². The summed E-state index contributed by atoms with van der Waals surface area (Å²) in [6.07, 6.45) is 4.99. The van der Waals surface area contributed by atoms with Crippen molar-refractivity contribution in [1.82, 2.24) is 4.98 Å². The molecule has 0 spiro atoms. The van der Waals surface area contributed by atoms with Gasteiger partial charge in [-0.1, -0.05) is 11.6 Å². The molecular formula is C10H9ClN2O. The summed E-state index contributed by atoms with van der Waals surface area (Å²) in [5.74, 6) is 0. The fraction of sp³-hybridized carbons (Fsp3) is 0.100. The Morgan fingerprint density at radius 2 is 2.36 bits per heavy atom. The molecule has 0 atom stereocenters. The Morgan fingerprint density at radius 3 is 3.07 bits per heavy atom. The first-order chi connectivity index (χ1) is 6.86. The third-order valence-electron chi connectivity index (χ3n) is 1.82. The summed E-state index contributed by atoms with van der Waals surface area (Å²) in [6.45, 7) is 0.682. The Kier molecular flexibility index (Phi) is 2.70. The van der Waals surface area contributed by atoms with Gasteiger partial charge in [0.15, 0.2) is 5.15 Å². The van der Waals surface area contributed by atoms with Crippen molar-refractivity contribution >= 4 is 17.3 Å². The van der Waals surface area contributed by atoms with Crippen molar-refractivity contribution in [2.45, 2.75) is 6.54 Å². The lowest BCUT2D eigenvalue weighted by molar-refractivity contribution is 0.564. The Balaban J connectivity index is 2.02. The molecule has 2 aromatic heterocycles. The molecule has 0 bridgehead atoms. The van der Waals surface area contributed by atoms with E-state index < -0.39 is 0 Å². The molecule has 2 aromatic rings. The third kappa shape index (κ3) is 2.06. The van der Waals surface area contributed by atoms with E-state index >= 15 is 0 Å². The number of furan rings is 1. The topological polar surface area (TPSA) is 38.1 Å². The molecule has 0 aliphatic rings. The summed E-state index contributed by atoms with van der Waals surface area (Å²) in [5.41, 5.74) is 1.90. The summed E-state index contributed by atoms with van der Waals surface area (Å²) < 4.78 is 4.94. The van der Waals surface area contributed by atoms with E-state index in [0.717, 1.165) is 11.3 Å². The smallest absolute Gasteiger partial charge is 0.152 e. The van der Waals surface area contributed by atoms with Gasteiger partial charge >= 0.3 is 0 Å². The molecule has 0 saturated carbocycles. The predicted molar refractivity (Wildman–Crippen MR) is 55.3 cm³/mol. The molecule has 0 fully saturated rings. The minimum absolute atomic E-state index is 0.482. The minimum atomic E-state index is 0.482. The zero-order valence-electron chi connectivity index (χ0n) is 7.40. The van der Waals surface area contributed by atoms with Crippen molar-refractivity contribution in [1.29, 1.82) is 0 Å². The van der Waals surface area contributed by atoms with Gasteiger partial charge in [0.2, 0.25) is 0 Å². The van der Waals surface area contributed by atoms with Crippen LogP contribution >= 0.6 is 11.6 Å². The van der Waals surface area contributed by atoms with E-state index in [0.29, 0.717) is 11.7 Å². The summed E-state index contributed by atoms with van der Waals surface area (Å²) in [4.78, 5) is 3.96. The number of nitrogens with one attached hydrogen (secondary N) is 1. The second-order valence-electron chi connectivity index (χ2n) is 2.83. The molecule has 3 nitrogen and oxygen atoms in total. The Bertz CT molecular complexity index is 400. The lowest BCUT2D eigenvalue weighted by Gasteiger charge is -2.04. The van der Waals surface area contributed by atoms with Crippen LogP contribution < -0.4 is 5.32 Å². The Hall–Kier alpha value is -1.48. The fourth-order valence-electron chi connectivity index (χ4n) is 1.11. The molecule has 0 radical (unpaired) electrons. The van der Waals surface area contributed by atoms with Crippen molar-refractivity contribution in [2.75, 3.05) is 5.32 Å². The van der Waals surface area contributed by atoms with Crippen LogP contribution in [0, 0.1) is 0 Å². The van der Waals surface area contributed by atoms with Crippen LogP contribution in [0.25, 0.3) is 0 Å². The standard InChI is InChI=1S/C10H9ClN2O/c11-10-9(2-1-4-12-10)13-6-8-3-5-14-7-8/h1-5,7,13H,6H2. The highest BCUT2D eigenvalue weighted by Crippen LogP contribution is 2.18. The number of nitrogens with zero attached hydrogens (tertiary/aromatic N) is 1. The van der Waals surface area contributed by atoms with Crippen LogP contribution in [0.1, 0.15) is 5.56 Å². The molecule has 0 saturated heterocycles. The molecule has 0 amide bonds. The van der Waals surface area contributed by atoms with Gasteiger partial charge in [-0.15, -0.1) is 0 Å². The first-order valence-corrected chi connectivity index (χ1v) is 4.59. The van der Waals surface area contributed by atoms with Gasteiger partial charge in [0.1, 0.15) is 0 Å². The summed E-state index contributed by atoms with van der Waals surface area (Å²) in [5, 5.41) is 3.64. The van der Waals surface area contributed by atoms with E-state index in [1.807, 2.05) is 18.2 Å². The van der Waals surface area contributed by atoms with Crippen molar-refractivity contribution < 1.29 is 4.42 Å². The first-order valence-electron chi connectivity index (χ1n) is 4.22. The number of hydrogen-bond acceptors (Lipinski definition) is 3. The lowest BCUT2D eigenvalue weighted by Crippen LogP contribution is -1.99. The molecule has 1 N–H and O–H groups in total. The van der Waals surface area contributed by atoms with Gasteiger partial charge in [0, 0.05) is 18.3 Å². The zero-order chi connectivity index (χ0) is 9.80. The number of halogens is 1. The fourth-order valence-corrected chi connectivity index (χ4v) is 1.29. The summed E-state index contributed by atoms with van der Waals surface area (Å²) in [7, 11) is 0. The largest absolute Gasteiger partial charge is 0.472 e. The molecule has 0 aliphatic heterocycles. The van der Waals surface area contributed by atoms with Crippen molar-refractivity contribution in [3.63, 3.8) is 0 Å². The highest BCUT2D eigenvalue weighted by molar-refractivity contribution is 6.31. The monoisotopic (exact) mass is 208 g/mol. The van der Waals surface area contributed by atoms with Gasteiger partial charge in [-0.3, -0.25) is 0 Å². The average Bonchev–Trinajstić information content (AvgIpc) is 2.69. The third-order valence-corrected chi connectivity index (χ3v) is 2.12. The molecule has 72 valence electrons. The highest BCUT2D eigenvalue weighted by Gasteiger charge is 1.99. The van der Waals surface area contributed by atoms with E-state index in [2.05, 4.69) is 10.3 Å². The van der Waals surface area contributed by atoms with Gasteiger partial charge in [-0.25, -0.2) is 4.98 Å². The molecule has 2 rings (SSSR count). The molecule has 4 heteroatoms. The normalized spacial score (nSPS) is 10.1. The van der Waals surface area contributed by atoms with Crippen LogP contribution in [0.5, 0.6) is 0 Å². The van der Waals surface area contributed by atoms with E-state index in [4.69, 9.17) is 16.0 Å². The second kappa shape index (κ2) is 4.15. The van der Waals surface area contributed by atoms with E-state index in [9.17, 15) is 0 Å². The first kappa shape index (κ1) is 9.09. The quantitative estimate of drug-likeness (QED) is 0.789. The maximum Gasteiger partial charge on any atom is 0.152 e. The lowest BCUT2D eigenvalue weighted by atomic mass is 10.3. The zero-order valence-corrected chi connectivity index (χ0v) is 8.16. The maximum absolute atomic E-state index is 5.87. The van der Waals surface area contributed by atoms with E-state index in [-0.39, 0.29) is 0 Å². The van der Waals surface area contributed by atoms with Gasteiger partial charge in [-0.05, 0) is 18.2 Å². The van der Waals surface area contributed by atoms with Gasteiger partial charge in [0.05, 0.1) is 18.2 Å². The average molecular weight is 209 g/mol. The van der Waals surface area contributed by atoms with Gasteiger partial charge in [0.25, 0.3) is 0 Å². The predicted octanol–water partition coefficient (Wildman–Crippen LogP) is 2.94. The SMILES string of the molecule is Clc1ncccc1NCc1ccoc1.